The topological polar surface area (TPSA) is 64.3 Å². The summed E-state index contributed by atoms with van der Waals surface area (Å²) >= 11 is 3.25. The molecule has 0 aliphatic carbocycles. The Morgan fingerprint density at radius 2 is 2.00 bits per heavy atom. The molecule has 1 N–H and O–H groups in total. The molecule has 0 bridgehead atoms. The van der Waals surface area contributed by atoms with Crippen molar-refractivity contribution in [1.82, 2.24) is 0 Å². The van der Waals surface area contributed by atoms with Crippen molar-refractivity contribution < 1.29 is 9.90 Å². The van der Waals surface area contributed by atoms with Crippen LogP contribution in [-0.2, 0) is 0 Å². The quantitative estimate of drug-likeness (QED) is 0.929. The summed E-state index contributed by atoms with van der Waals surface area (Å²) in [6.45, 7) is 0. The molecule has 0 fully saturated rings. The molecule has 0 amide bonds. The van der Waals surface area contributed by atoms with Gasteiger partial charge in [-0.15, -0.1) is 0 Å². The van der Waals surface area contributed by atoms with Crippen LogP contribution in [0.4, 0.5) is 11.4 Å². The van der Waals surface area contributed by atoms with Gasteiger partial charge >= 0.3 is 5.97 Å². The van der Waals surface area contributed by atoms with Gasteiger partial charge in [-0.1, -0.05) is 12.1 Å². The van der Waals surface area contributed by atoms with Crippen LogP contribution in [0, 0.1) is 11.3 Å². The second kappa shape index (κ2) is 5.76. The molecule has 0 unspecified atom stereocenters. The van der Waals surface area contributed by atoms with Gasteiger partial charge in [-0.25, -0.2) is 4.79 Å². The van der Waals surface area contributed by atoms with E-state index in [2.05, 4.69) is 22.0 Å². The molecule has 0 aliphatic heterocycles. The smallest absolute Gasteiger partial charge is 0.336 e. The molecule has 100 valence electrons. The summed E-state index contributed by atoms with van der Waals surface area (Å²) in [4.78, 5) is 12.8. The number of rotatable bonds is 3. The average molecular weight is 331 g/mol. The Bertz CT molecular complexity index is 707. The second-order valence-corrected chi connectivity index (χ2v) is 5.01. The van der Waals surface area contributed by atoms with Gasteiger partial charge in [0.05, 0.1) is 16.8 Å². The van der Waals surface area contributed by atoms with Crippen LogP contribution in [-0.4, -0.2) is 18.1 Å². The third kappa shape index (κ3) is 2.65. The molecule has 2 aromatic carbocycles. The van der Waals surface area contributed by atoms with E-state index in [9.17, 15) is 4.79 Å². The highest BCUT2D eigenvalue weighted by Gasteiger charge is 2.13. The van der Waals surface area contributed by atoms with Gasteiger partial charge in [-0.2, -0.15) is 5.26 Å². The maximum atomic E-state index is 11.0. The number of halogens is 1. The third-order valence-electron chi connectivity index (χ3n) is 2.96. The predicted molar refractivity (Wildman–Crippen MR) is 80.3 cm³/mol. The summed E-state index contributed by atoms with van der Waals surface area (Å²) in [5.41, 5.74) is 2.33. The number of aromatic carboxylic acids is 1. The summed E-state index contributed by atoms with van der Waals surface area (Å²) in [7, 11) is 1.83. The molecular formula is C15H11BrN2O2. The highest BCUT2D eigenvalue weighted by atomic mass is 79.9. The number of nitrogens with zero attached hydrogens (tertiary/aromatic N) is 2. The zero-order valence-electron chi connectivity index (χ0n) is 10.7. The number of carbonyl (C=O) groups is 1. The van der Waals surface area contributed by atoms with Crippen LogP contribution in [0.25, 0.3) is 0 Å². The van der Waals surface area contributed by atoms with E-state index >= 15 is 0 Å². The zero-order valence-corrected chi connectivity index (χ0v) is 12.3. The average Bonchev–Trinajstić information content (AvgIpc) is 2.45. The first-order valence-corrected chi connectivity index (χ1v) is 6.59. The lowest BCUT2D eigenvalue weighted by Gasteiger charge is -2.21. The summed E-state index contributed by atoms with van der Waals surface area (Å²) in [5, 5.41) is 18.1. The largest absolute Gasteiger partial charge is 0.478 e. The highest BCUT2D eigenvalue weighted by Crippen LogP contribution is 2.30. The van der Waals surface area contributed by atoms with Crippen LogP contribution < -0.4 is 4.90 Å². The first-order chi connectivity index (χ1) is 9.54. The number of para-hydroxylation sites is 1. The highest BCUT2D eigenvalue weighted by molar-refractivity contribution is 9.10. The number of nitriles is 1. The van der Waals surface area contributed by atoms with Crippen molar-refractivity contribution in [3.8, 4) is 6.07 Å². The Labute approximate surface area is 125 Å². The summed E-state index contributed by atoms with van der Waals surface area (Å²) in [6, 6.07) is 14.4. The Kier molecular flexibility index (Phi) is 4.06. The van der Waals surface area contributed by atoms with Gasteiger partial charge in [0, 0.05) is 17.2 Å². The van der Waals surface area contributed by atoms with E-state index in [0.29, 0.717) is 10.0 Å². The monoisotopic (exact) mass is 330 g/mol. The molecule has 0 aromatic heterocycles. The van der Waals surface area contributed by atoms with Crippen molar-refractivity contribution in [3.63, 3.8) is 0 Å². The summed E-state index contributed by atoms with van der Waals surface area (Å²) < 4.78 is 0.504. The minimum Gasteiger partial charge on any atom is -0.478 e. The maximum absolute atomic E-state index is 11.0. The SMILES string of the molecule is CN(c1ccc(C(=O)O)c(Br)c1)c1ccccc1C#N. The number of anilines is 2. The van der Waals surface area contributed by atoms with E-state index in [4.69, 9.17) is 10.4 Å². The molecule has 4 nitrogen and oxygen atoms in total. The molecule has 2 rings (SSSR count). The van der Waals surface area contributed by atoms with Gasteiger partial charge in [0.25, 0.3) is 0 Å². The molecule has 0 spiro atoms. The Hall–Kier alpha value is -2.32. The number of carboxylic acids is 1. The van der Waals surface area contributed by atoms with Crippen molar-refractivity contribution >= 4 is 33.3 Å². The molecule has 0 saturated carbocycles. The minimum absolute atomic E-state index is 0.204. The fourth-order valence-corrected chi connectivity index (χ4v) is 2.42. The molecule has 20 heavy (non-hydrogen) atoms. The van der Waals surface area contributed by atoms with Crippen molar-refractivity contribution in [2.45, 2.75) is 0 Å². The van der Waals surface area contributed by atoms with Crippen molar-refractivity contribution in [3.05, 3.63) is 58.1 Å². The lowest BCUT2D eigenvalue weighted by Crippen LogP contribution is -2.11. The zero-order chi connectivity index (χ0) is 14.7. The maximum Gasteiger partial charge on any atom is 0.336 e. The van der Waals surface area contributed by atoms with E-state index in [1.54, 1.807) is 24.3 Å². The number of hydrogen-bond donors (Lipinski definition) is 1. The molecule has 0 saturated heterocycles. The third-order valence-corrected chi connectivity index (χ3v) is 3.61. The molecule has 0 atom stereocenters. The Morgan fingerprint density at radius 1 is 1.30 bits per heavy atom. The van der Waals surface area contributed by atoms with Crippen LogP contribution in [0.1, 0.15) is 15.9 Å². The van der Waals surface area contributed by atoms with Crippen LogP contribution >= 0.6 is 15.9 Å². The van der Waals surface area contributed by atoms with Gasteiger partial charge in [0.15, 0.2) is 0 Å². The minimum atomic E-state index is -0.983. The van der Waals surface area contributed by atoms with Gasteiger partial charge in [-0.3, -0.25) is 0 Å². The number of hydrogen-bond acceptors (Lipinski definition) is 3. The van der Waals surface area contributed by atoms with Crippen LogP contribution in [0.2, 0.25) is 0 Å². The van der Waals surface area contributed by atoms with E-state index in [1.807, 2.05) is 24.1 Å². The molecule has 0 aliphatic rings. The van der Waals surface area contributed by atoms with Gasteiger partial charge in [0.2, 0.25) is 0 Å². The van der Waals surface area contributed by atoms with Crippen LogP contribution in [0.15, 0.2) is 46.9 Å². The van der Waals surface area contributed by atoms with Crippen molar-refractivity contribution in [2.75, 3.05) is 11.9 Å². The summed E-state index contributed by atoms with van der Waals surface area (Å²) in [5.74, 6) is -0.983. The van der Waals surface area contributed by atoms with Gasteiger partial charge in [0.1, 0.15) is 6.07 Å². The van der Waals surface area contributed by atoms with E-state index in [-0.39, 0.29) is 5.56 Å². The normalized spacial score (nSPS) is 9.85. The molecular weight excluding hydrogens is 320 g/mol. The van der Waals surface area contributed by atoms with Gasteiger partial charge < -0.3 is 10.0 Å². The van der Waals surface area contributed by atoms with E-state index in [1.165, 1.54) is 6.07 Å². The molecule has 0 heterocycles. The summed E-state index contributed by atoms with van der Waals surface area (Å²) in [6.07, 6.45) is 0. The first-order valence-electron chi connectivity index (χ1n) is 5.80. The van der Waals surface area contributed by atoms with E-state index in [0.717, 1.165) is 11.4 Å². The van der Waals surface area contributed by atoms with Crippen LogP contribution in [0.5, 0.6) is 0 Å². The fraction of sp³-hybridized carbons (Fsp3) is 0.0667. The molecule has 5 heteroatoms. The van der Waals surface area contributed by atoms with Crippen molar-refractivity contribution in [2.24, 2.45) is 0 Å². The predicted octanol–water partition coefficient (Wildman–Crippen LogP) is 3.79. The Balaban J connectivity index is 2.44. The standard InChI is InChI=1S/C15H11BrN2O2/c1-18(14-5-3-2-4-10(14)9-17)11-6-7-12(15(19)20)13(16)8-11/h2-8H,1H3,(H,19,20). The number of benzene rings is 2. The first kappa shape index (κ1) is 14.1. The number of carboxylic acid groups (broad SMARTS) is 1. The van der Waals surface area contributed by atoms with Crippen LogP contribution in [0.3, 0.4) is 0 Å². The van der Waals surface area contributed by atoms with Crippen molar-refractivity contribution in [1.29, 1.82) is 5.26 Å². The Morgan fingerprint density at radius 3 is 2.60 bits per heavy atom. The molecule has 0 radical (unpaired) electrons. The second-order valence-electron chi connectivity index (χ2n) is 4.16. The lowest BCUT2D eigenvalue weighted by atomic mass is 10.1. The van der Waals surface area contributed by atoms with E-state index < -0.39 is 5.97 Å². The fourth-order valence-electron chi connectivity index (χ4n) is 1.89. The molecule has 2 aromatic rings. The van der Waals surface area contributed by atoms with Gasteiger partial charge in [-0.05, 0) is 46.3 Å². The lowest BCUT2D eigenvalue weighted by molar-refractivity contribution is 0.0696.